The molecule has 0 bridgehead atoms. The van der Waals surface area contributed by atoms with E-state index in [2.05, 4.69) is 10.3 Å². The molecule has 0 aliphatic carbocycles. The summed E-state index contributed by atoms with van der Waals surface area (Å²) in [6.07, 6.45) is 1.25. The molecule has 3 rings (SSSR count). The number of hydrogen-bond donors (Lipinski definition) is 1. The van der Waals surface area contributed by atoms with Crippen molar-refractivity contribution in [3.63, 3.8) is 0 Å². The van der Waals surface area contributed by atoms with Gasteiger partial charge in [0.2, 0.25) is 5.91 Å². The largest absolute Gasteiger partial charge is 0.322 e. The number of aromatic nitrogens is 2. The zero-order valence-corrected chi connectivity index (χ0v) is 12.7. The number of amides is 1. The van der Waals surface area contributed by atoms with Crippen molar-refractivity contribution in [3.05, 3.63) is 70.3 Å². The lowest BCUT2D eigenvalue weighted by atomic mass is 10.2. The average molecular weight is 329 g/mol. The molecule has 3 aromatic rings. The van der Waals surface area contributed by atoms with Crippen LogP contribution >= 0.6 is 0 Å². The maximum Gasteiger partial charge on any atom is 0.261 e. The Labute approximate surface area is 135 Å². The van der Waals surface area contributed by atoms with Gasteiger partial charge in [-0.3, -0.25) is 14.2 Å². The first kappa shape index (κ1) is 15.8. The third-order valence-corrected chi connectivity index (χ3v) is 3.50. The monoisotopic (exact) mass is 329 g/mol. The number of nitrogens with one attached hydrogen (secondary N) is 1. The molecule has 0 fully saturated rings. The number of aryl methyl sites for hydroxylation is 1. The standard InChI is InChI=1S/C17H13F2N3O2/c1-10-2-5-14-12(6-10)17(24)22(9-20-14)8-16(23)21-15-7-11(18)3-4-13(15)19/h2-7,9H,8H2,1H3,(H,21,23). The van der Waals surface area contributed by atoms with Crippen molar-refractivity contribution >= 4 is 22.5 Å². The predicted octanol–water partition coefficient (Wildman–Crippen LogP) is 2.62. The number of rotatable bonds is 3. The van der Waals surface area contributed by atoms with E-state index >= 15 is 0 Å². The third kappa shape index (κ3) is 3.15. The summed E-state index contributed by atoms with van der Waals surface area (Å²) in [6, 6.07) is 7.98. The van der Waals surface area contributed by atoms with Crippen molar-refractivity contribution in [2.45, 2.75) is 13.5 Å². The SMILES string of the molecule is Cc1ccc2ncn(CC(=O)Nc3cc(F)ccc3F)c(=O)c2c1. The summed E-state index contributed by atoms with van der Waals surface area (Å²) in [6.45, 7) is 1.49. The van der Waals surface area contributed by atoms with Gasteiger partial charge in [-0.05, 0) is 31.2 Å². The van der Waals surface area contributed by atoms with Crippen LogP contribution in [-0.2, 0) is 11.3 Å². The summed E-state index contributed by atoms with van der Waals surface area (Å²) in [5.41, 5.74) is 0.764. The van der Waals surface area contributed by atoms with Gasteiger partial charge in [-0.2, -0.15) is 0 Å². The van der Waals surface area contributed by atoms with Crippen LogP contribution in [0.3, 0.4) is 0 Å². The van der Waals surface area contributed by atoms with Gasteiger partial charge in [0, 0.05) is 6.07 Å². The number of anilines is 1. The van der Waals surface area contributed by atoms with Crippen LogP contribution in [0.5, 0.6) is 0 Å². The highest BCUT2D eigenvalue weighted by atomic mass is 19.1. The van der Waals surface area contributed by atoms with Gasteiger partial charge in [0.1, 0.15) is 18.2 Å². The van der Waals surface area contributed by atoms with Crippen LogP contribution in [0.4, 0.5) is 14.5 Å². The summed E-state index contributed by atoms with van der Waals surface area (Å²) in [5, 5.41) is 2.64. The maximum atomic E-state index is 13.5. The van der Waals surface area contributed by atoms with Crippen LogP contribution in [0, 0.1) is 18.6 Å². The molecule has 1 heterocycles. The van der Waals surface area contributed by atoms with E-state index in [1.165, 1.54) is 6.33 Å². The van der Waals surface area contributed by atoms with Gasteiger partial charge in [0.15, 0.2) is 0 Å². The third-order valence-electron chi connectivity index (χ3n) is 3.50. The molecule has 7 heteroatoms. The summed E-state index contributed by atoms with van der Waals surface area (Å²) in [4.78, 5) is 28.5. The van der Waals surface area contributed by atoms with Gasteiger partial charge < -0.3 is 5.32 Å². The van der Waals surface area contributed by atoms with Crippen LogP contribution in [0.1, 0.15) is 5.56 Å². The fourth-order valence-electron chi connectivity index (χ4n) is 2.32. The van der Waals surface area contributed by atoms with Crippen molar-refractivity contribution < 1.29 is 13.6 Å². The summed E-state index contributed by atoms with van der Waals surface area (Å²) in [5.74, 6) is -2.09. The predicted molar refractivity (Wildman–Crippen MR) is 85.7 cm³/mol. The molecular weight excluding hydrogens is 316 g/mol. The number of fused-ring (bicyclic) bond motifs is 1. The Bertz CT molecular complexity index is 999. The van der Waals surface area contributed by atoms with E-state index in [1.54, 1.807) is 12.1 Å². The van der Waals surface area contributed by atoms with Crippen molar-refractivity contribution in [1.82, 2.24) is 9.55 Å². The fraction of sp³-hybridized carbons (Fsp3) is 0.118. The van der Waals surface area contributed by atoms with Gasteiger partial charge in [0.05, 0.1) is 22.9 Å². The van der Waals surface area contributed by atoms with E-state index in [9.17, 15) is 18.4 Å². The zero-order valence-electron chi connectivity index (χ0n) is 12.7. The second kappa shape index (κ2) is 6.19. The maximum absolute atomic E-state index is 13.5. The van der Waals surface area contributed by atoms with Crippen LogP contribution in [0.2, 0.25) is 0 Å². The van der Waals surface area contributed by atoms with Crippen molar-refractivity contribution in [2.24, 2.45) is 0 Å². The molecule has 0 aliphatic rings. The lowest BCUT2D eigenvalue weighted by Gasteiger charge is -2.09. The van der Waals surface area contributed by atoms with E-state index < -0.39 is 17.5 Å². The molecule has 0 saturated carbocycles. The second-order valence-electron chi connectivity index (χ2n) is 5.37. The highest BCUT2D eigenvalue weighted by molar-refractivity contribution is 5.90. The van der Waals surface area contributed by atoms with Gasteiger partial charge in [-0.15, -0.1) is 0 Å². The van der Waals surface area contributed by atoms with Gasteiger partial charge >= 0.3 is 0 Å². The molecule has 1 amide bonds. The highest BCUT2D eigenvalue weighted by Crippen LogP contribution is 2.15. The van der Waals surface area contributed by atoms with Gasteiger partial charge in [-0.1, -0.05) is 11.6 Å². The molecule has 5 nitrogen and oxygen atoms in total. The summed E-state index contributed by atoms with van der Waals surface area (Å²) >= 11 is 0. The molecule has 0 spiro atoms. The van der Waals surface area contributed by atoms with E-state index in [1.807, 2.05) is 13.0 Å². The van der Waals surface area contributed by atoms with E-state index in [0.717, 1.165) is 28.3 Å². The van der Waals surface area contributed by atoms with E-state index in [-0.39, 0.29) is 17.8 Å². The Morgan fingerprint density at radius 3 is 2.79 bits per heavy atom. The highest BCUT2D eigenvalue weighted by Gasteiger charge is 2.11. The van der Waals surface area contributed by atoms with Gasteiger partial charge in [0.25, 0.3) is 5.56 Å². The average Bonchev–Trinajstić information content (AvgIpc) is 2.54. The molecule has 1 N–H and O–H groups in total. The van der Waals surface area contributed by atoms with Crippen molar-refractivity contribution in [3.8, 4) is 0 Å². The summed E-state index contributed by atoms with van der Waals surface area (Å²) in [7, 11) is 0. The number of nitrogens with zero attached hydrogens (tertiary/aromatic N) is 2. The van der Waals surface area contributed by atoms with Crippen LogP contribution in [0.25, 0.3) is 10.9 Å². The minimum absolute atomic E-state index is 0.280. The fourth-order valence-corrected chi connectivity index (χ4v) is 2.32. The molecule has 0 aliphatic heterocycles. The second-order valence-corrected chi connectivity index (χ2v) is 5.37. The van der Waals surface area contributed by atoms with E-state index in [0.29, 0.717) is 10.9 Å². The number of carbonyl (C=O) groups is 1. The van der Waals surface area contributed by atoms with Crippen LogP contribution in [0.15, 0.2) is 47.5 Å². The van der Waals surface area contributed by atoms with Crippen molar-refractivity contribution in [2.75, 3.05) is 5.32 Å². The Balaban J connectivity index is 1.87. The Hall–Kier alpha value is -3.09. The Morgan fingerprint density at radius 2 is 2.00 bits per heavy atom. The number of carbonyl (C=O) groups excluding carboxylic acids is 1. The topological polar surface area (TPSA) is 64.0 Å². The lowest BCUT2D eigenvalue weighted by Crippen LogP contribution is -2.28. The first-order chi connectivity index (χ1) is 11.4. The molecule has 2 aromatic carbocycles. The number of halogens is 2. The Kier molecular flexibility index (Phi) is 4.07. The molecule has 0 atom stereocenters. The number of benzene rings is 2. The summed E-state index contributed by atoms with van der Waals surface area (Å²) < 4.78 is 27.8. The minimum atomic E-state index is -0.760. The van der Waals surface area contributed by atoms with Crippen LogP contribution < -0.4 is 10.9 Å². The smallest absolute Gasteiger partial charge is 0.261 e. The lowest BCUT2D eigenvalue weighted by molar-refractivity contribution is -0.116. The molecule has 122 valence electrons. The molecule has 1 aromatic heterocycles. The van der Waals surface area contributed by atoms with Crippen LogP contribution in [-0.4, -0.2) is 15.5 Å². The molecule has 0 saturated heterocycles. The van der Waals surface area contributed by atoms with Crippen molar-refractivity contribution in [1.29, 1.82) is 0 Å². The van der Waals surface area contributed by atoms with E-state index in [4.69, 9.17) is 0 Å². The molecule has 0 radical (unpaired) electrons. The first-order valence-corrected chi connectivity index (χ1v) is 7.15. The minimum Gasteiger partial charge on any atom is -0.322 e. The first-order valence-electron chi connectivity index (χ1n) is 7.15. The zero-order chi connectivity index (χ0) is 17.3. The number of hydrogen-bond acceptors (Lipinski definition) is 3. The van der Waals surface area contributed by atoms with Gasteiger partial charge in [-0.25, -0.2) is 13.8 Å². The molecule has 24 heavy (non-hydrogen) atoms. The Morgan fingerprint density at radius 1 is 1.21 bits per heavy atom. The molecule has 0 unspecified atom stereocenters. The quantitative estimate of drug-likeness (QED) is 0.803. The molecular formula is C17H13F2N3O2. The normalized spacial score (nSPS) is 10.8.